The highest BCUT2D eigenvalue weighted by Gasteiger charge is 2.07. The van der Waals surface area contributed by atoms with Crippen LogP contribution in [0.3, 0.4) is 0 Å². The lowest BCUT2D eigenvalue weighted by Crippen LogP contribution is -1.91. The minimum atomic E-state index is -0.409. The molecule has 2 nitrogen and oxygen atoms in total. The monoisotopic (exact) mass is 349 g/mol. The first-order chi connectivity index (χ1) is 8.58. The fraction of sp³-hybridized carbons (Fsp3) is 0.0833. The molecule has 1 aromatic carbocycles. The summed E-state index contributed by atoms with van der Waals surface area (Å²) in [6, 6.07) is 5.86. The first-order valence-corrected chi connectivity index (χ1v) is 6.63. The third-order valence-corrected chi connectivity index (χ3v) is 3.11. The van der Waals surface area contributed by atoms with Gasteiger partial charge in [-0.1, -0.05) is 27.5 Å². The van der Waals surface area contributed by atoms with E-state index in [1.807, 2.05) is 0 Å². The number of aromatic nitrogens is 1. The Morgan fingerprint density at radius 3 is 2.67 bits per heavy atom. The Bertz CT molecular complexity index is 560. The molecule has 94 valence electrons. The molecule has 0 saturated carbocycles. The quantitative estimate of drug-likeness (QED) is 0.712. The van der Waals surface area contributed by atoms with Crippen LogP contribution in [0.4, 0.5) is 4.39 Å². The Labute approximate surface area is 122 Å². The van der Waals surface area contributed by atoms with Crippen LogP contribution in [0.1, 0.15) is 5.56 Å². The van der Waals surface area contributed by atoms with Gasteiger partial charge in [-0.3, -0.25) is 0 Å². The van der Waals surface area contributed by atoms with Crippen LogP contribution in [0.2, 0.25) is 5.02 Å². The molecule has 1 aromatic heterocycles. The molecule has 0 unspecified atom stereocenters. The van der Waals surface area contributed by atoms with Gasteiger partial charge in [0.25, 0.3) is 0 Å². The maximum atomic E-state index is 13.2. The Kier molecular flexibility index (Phi) is 4.43. The topological polar surface area (TPSA) is 22.1 Å². The van der Waals surface area contributed by atoms with Gasteiger partial charge in [-0.15, -0.1) is 11.6 Å². The van der Waals surface area contributed by atoms with Crippen LogP contribution in [0.5, 0.6) is 11.6 Å². The van der Waals surface area contributed by atoms with Gasteiger partial charge in [0.15, 0.2) is 0 Å². The molecule has 18 heavy (non-hydrogen) atoms. The van der Waals surface area contributed by atoms with Crippen LogP contribution in [0.25, 0.3) is 0 Å². The van der Waals surface area contributed by atoms with Crippen molar-refractivity contribution in [3.05, 3.63) is 51.3 Å². The molecule has 0 radical (unpaired) electrons. The van der Waals surface area contributed by atoms with E-state index < -0.39 is 5.82 Å². The minimum absolute atomic E-state index is 0.211. The summed E-state index contributed by atoms with van der Waals surface area (Å²) in [6.07, 6.45) is 1.56. The van der Waals surface area contributed by atoms with Crippen molar-refractivity contribution in [1.29, 1.82) is 0 Å². The van der Waals surface area contributed by atoms with Gasteiger partial charge in [-0.25, -0.2) is 9.37 Å². The van der Waals surface area contributed by atoms with Gasteiger partial charge in [0.1, 0.15) is 16.6 Å². The number of rotatable bonds is 3. The second kappa shape index (κ2) is 5.87. The molecule has 0 aliphatic heterocycles. The normalized spacial score (nSPS) is 10.4. The van der Waals surface area contributed by atoms with Gasteiger partial charge in [0, 0.05) is 22.6 Å². The van der Waals surface area contributed by atoms with Crippen LogP contribution in [-0.4, -0.2) is 4.98 Å². The highest BCUT2D eigenvalue weighted by atomic mass is 79.9. The second-order valence-corrected chi connectivity index (χ2v) is 5.06. The number of hydrogen-bond acceptors (Lipinski definition) is 2. The van der Waals surface area contributed by atoms with E-state index in [1.165, 1.54) is 12.1 Å². The summed E-state index contributed by atoms with van der Waals surface area (Å²) in [5.74, 6) is 0.434. The minimum Gasteiger partial charge on any atom is -0.437 e. The van der Waals surface area contributed by atoms with Crippen molar-refractivity contribution in [3.8, 4) is 11.6 Å². The smallest absolute Gasteiger partial charge is 0.238 e. The summed E-state index contributed by atoms with van der Waals surface area (Å²) in [5.41, 5.74) is 0.787. The molecule has 0 saturated heterocycles. The largest absolute Gasteiger partial charge is 0.437 e. The summed E-state index contributed by atoms with van der Waals surface area (Å²) in [4.78, 5) is 4.03. The Balaban J connectivity index is 2.28. The Morgan fingerprint density at radius 1 is 1.28 bits per heavy atom. The van der Waals surface area contributed by atoms with E-state index in [2.05, 4.69) is 20.9 Å². The molecule has 6 heteroatoms. The number of hydrogen-bond donors (Lipinski definition) is 0. The molecule has 0 aliphatic rings. The standard InChI is InChI=1S/C12H7BrCl2FNO/c13-8-2-9(16)4-10(3-8)18-12-11(15)1-7(5-14)6-17-12/h1-4,6H,5H2. The van der Waals surface area contributed by atoms with Crippen molar-refractivity contribution in [1.82, 2.24) is 4.98 Å². The van der Waals surface area contributed by atoms with E-state index in [-0.39, 0.29) is 5.88 Å². The summed E-state index contributed by atoms with van der Waals surface area (Å²) >= 11 is 14.8. The average molecular weight is 351 g/mol. The molecule has 1 heterocycles. The van der Waals surface area contributed by atoms with E-state index >= 15 is 0 Å². The molecule has 0 fully saturated rings. The van der Waals surface area contributed by atoms with Crippen molar-refractivity contribution in [2.45, 2.75) is 5.88 Å². The number of ether oxygens (including phenoxy) is 1. The summed E-state index contributed by atoms with van der Waals surface area (Å²) in [7, 11) is 0. The van der Waals surface area contributed by atoms with Crippen molar-refractivity contribution in [2.24, 2.45) is 0 Å². The van der Waals surface area contributed by atoms with Gasteiger partial charge in [-0.05, 0) is 23.8 Å². The lowest BCUT2D eigenvalue weighted by atomic mass is 10.3. The average Bonchev–Trinajstić information content (AvgIpc) is 2.30. The molecule has 0 amide bonds. The van der Waals surface area contributed by atoms with Gasteiger partial charge in [-0.2, -0.15) is 0 Å². The predicted octanol–water partition coefficient (Wildman–Crippen LogP) is 5.17. The van der Waals surface area contributed by atoms with Gasteiger partial charge in [0.05, 0.1) is 0 Å². The summed E-state index contributed by atoms with van der Waals surface area (Å²) in [6.45, 7) is 0. The van der Waals surface area contributed by atoms with Crippen LogP contribution >= 0.6 is 39.1 Å². The first kappa shape index (κ1) is 13.6. The van der Waals surface area contributed by atoms with Gasteiger partial charge < -0.3 is 4.74 Å². The maximum Gasteiger partial charge on any atom is 0.238 e. The number of alkyl halides is 1. The van der Waals surface area contributed by atoms with Crippen LogP contribution in [0, 0.1) is 5.82 Å². The fourth-order valence-corrected chi connectivity index (χ4v) is 2.13. The lowest BCUT2D eigenvalue weighted by Gasteiger charge is -2.07. The van der Waals surface area contributed by atoms with E-state index in [0.29, 0.717) is 21.1 Å². The van der Waals surface area contributed by atoms with Crippen LogP contribution < -0.4 is 4.74 Å². The van der Waals surface area contributed by atoms with E-state index in [1.54, 1.807) is 18.3 Å². The second-order valence-electron chi connectivity index (χ2n) is 3.47. The number of nitrogens with zero attached hydrogens (tertiary/aromatic N) is 1. The zero-order valence-corrected chi connectivity index (χ0v) is 12.1. The lowest BCUT2D eigenvalue weighted by molar-refractivity contribution is 0.457. The summed E-state index contributed by atoms with van der Waals surface area (Å²) in [5, 5.41) is 0.327. The van der Waals surface area contributed by atoms with Gasteiger partial charge in [0.2, 0.25) is 5.88 Å². The Morgan fingerprint density at radius 2 is 2.06 bits per heavy atom. The molecule has 2 aromatic rings. The number of benzene rings is 1. The Hall–Kier alpha value is -0.840. The summed E-state index contributed by atoms with van der Waals surface area (Å²) < 4.78 is 19.2. The third kappa shape index (κ3) is 3.34. The van der Waals surface area contributed by atoms with Crippen molar-refractivity contribution in [2.75, 3.05) is 0 Å². The maximum absolute atomic E-state index is 13.2. The molecule has 0 spiro atoms. The highest BCUT2D eigenvalue weighted by molar-refractivity contribution is 9.10. The van der Waals surface area contributed by atoms with Crippen LogP contribution in [-0.2, 0) is 5.88 Å². The molecule has 0 aliphatic carbocycles. The molecule has 0 N–H and O–H groups in total. The fourth-order valence-electron chi connectivity index (χ4n) is 1.31. The van der Waals surface area contributed by atoms with E-state index in [0.717, 1.165) is 5.56 Å². The van der Waals surface area contributed by atoms with Crippen molar-refractivity contribution in [3.63, 3.8) is 0 Å². The van der Waals surface area contributed by atoms with E-state index in [9.17, 15) is 4.39 Å². The van der Waals surface area contributed by atoms with Gasteiger partial charge >= 0.3 is 0 Å². The SMILES string of the molecule is Fc1cc(Br)cc(Oc2ncc(CCl)cc2Cl)c1. The number of pyridine rings is 1. The van der Waals surface area contributed by atoms with Crippen molar-refractivity contribution < 1.29 is 9.13 Å². The van der Waals surface area contributed by atoms with Crippen LogP contribution in [0.15, 0.2) is 34.9 Å². The number of halogens is 4. The third-order valence-electron chi connectivity index (χ3n) is 2.07. The first-order valence-electron chi connectivity index (χ1n) is 4.93. The molecule has 0 bridgehead atoms. The molecule has 0 atom stereocenters. The van der Waals surface area contributed by atoms with E-state index in [4.69, 9.17) is 27.9 Å². The highest BCUT2D eigenvalue weighted by Crippen LogP contribution is 2.30. The zero-order chi connectivity index (χ0) is 13.1. The molecular formula is C12H7BrCl2FNO. The predicted molar refractivity (Wildman–Crippen MR) is 73.0 cm³/mol. The molecular weight excluding hydrogens is 344 g/mol. The molecule has 2 rings (SSSR count). The zero-order valence-electron chi connectivity index (χ0n) is 8.96. The van der Waals surface area contributed by atoms with Crippen molar-refractivity contribution >= 4 is 39.1 Å².